The Morgan fingerprint density at radius 3 is 2.16 bits per heavy atom. The van der Waals surface area contributed by atoms with Gasteiger partial charge in [-0.15, -0.1) is 0 Å². The molecule has 0 bridgehead atoms. The van der Waals surface area contributed by atoms with Crippen molar-refractivity contribution in [3.63, 3.8) is 0 Å². The number of amides is 1. The predicted molar refractivity (Wildman–Crippen MR) is 100 cm³/mol. The van der Waals surface area contributed by atoms with Gasteiger partial charge in [-0.3, -0.25) is 4.79 Å². The Hall–Kier alpha value is -2.49. The van der Waals surface area contributed by atoms with Crippen molar-refractivity contribution in [2.75, 3.05) is 13.7 Å². The monoisotopic (exact) mass is 341 g/mol. The Morgan fingerprint density at radius 2 is 1.60 bits per heavy atom. The van der Waals surface area contributed by atoms with E-state index in [4.69, 9.17) is 9.47 Å². The Morgan fingerprint density at radius 1 is 1.00 bits per heavy atom. The Kier molecular flexibility index (Phi) is 6.87. The highest BCUT2D eigenvalue weighted by atomic mass is 16.5. The molecule has 1 N–H and O–H groups in total. The number of hydrogen-bond donors (Lipinski definition) is 1. The van der Waals surface area contributed by atoms with E-state index in [0.717, 1.165) is 23.3 Å². The fraction of sp³-hybridized carbons (Fsp3) is 0.381. The fourth-order valence-electron chi connectivity index (χ4n) is 2.61. The second-order valence-corrected chi connectivity index (χ2v) is 6.62. The molecule has 0 heterocycles. The maximum Gasteiger partial charge on any atom is 0.258 e. The third-order valence-electron chi connectivity index (χ3n) is 3.95. The topological polar surface area (TPSA) is 47.6 Å². The molecule has 0 fully saturated rings. The summed E-state index contributed by atoms with van der Waals surface area (Å²) in [5.41, 5.74) is 2.23. The van der Waals surface area contributed by atoms with Crippen LogP contribution in [0.15, 0.2) is 48.5 Å². The van der Waals surface area contributed by atoms with E-state index in [9.17, 15) is 4.79 Å². The highest BCUT2D eigenvalue weighted by Crippen LogP contribution is 2.23. The van der Waals surface area contributed by atoms with Crippen LogP contribution in [0.5, 0.6) is 11.5 Å². The van der Waals surface area contributed by atoms with Gasteiger partial charge >= 0.3 is 0 Å². The number of ether oxygens (including phenoxy) is 2. The van der Waals surface area contributed by atoms with Crippen LogP contribution >= 0.6 is 0 Å². The molecule has 1 amide bonds. The molecule has 134 valence electrons. The lowest BCUT2D eigenvalue weighted by Crippen LogP contribution is -2.33. The molecule has 2 aromatic rings. The standard InChI is InChI=1S/C21H27NO3/c1-15(2)13-20(17-7-11-18(24-4)12-8-17)22-21(23)14-25-19-9-5-16(3)6-10-19/h5-12,15,20H,13-14H2,1-4H3,(H,22,23). The molecule has 0 aliphatic carbocycles. The van der Waals surface area contributed by atoms with Crippen LogP contribution in [-0.2, 0) is 4.79 Å². The van der Waals surface area contributed by atoms with E-state index in [0.29, 0.717) is 11.7 Å². The largest absolute Gasteiger partial charge is 0.497 e. The van der Waals surface area contributed by atoms with Crippen LogP contribution in [0.1, 0.15) is 37.4 Å². The summed E-state index contributed by atoms with van der Waals surface area (Å²) in [6, 6.07) is 15.4. The van der Waals surface area contributed by atoms with Gasteiger partial charge in [0.2, 0.25) is 0 Å². The van der Waals surface area contributed by atoms with Crippen LogP contribution in [-0.4, -0.2) is 19.6 Å². The number of hydrogen-bond acceptors (Lipinski definition) is 3. The van der Waals surface area contributed by atoms with Gasteiger partial charge in [0, 0.05) is 0 Å². The van der Waals surface area contributed by atoms with Gasteiger partial charge in [-0.2, -0.15) is 0 Å². The second kappa shape index (κ2) is 9.11. The van der Waals surface area contributed by atoms with Gasteiger partial charge in [0.1, 0.15) is 11.5 Å². The molecule has 0 saturated carbocycles. The summed E-state index contributed by atoms with van der Waals surface area (Å²) in [6.07, 6.45) is 0.864. The number of carbonyl (C=O) groups is 1. The first-order valence-corrected chi connectivity index (χ1v) is 8.60. The minimum absolute atomic E-state index is 0.00775. The molecule has 25 heavy (non-hydrogen) atoms. The van der Waals surface area contributed by atoms with Crippen molar-refractivity contribution in [1.29, 1.82) is 0 Å². The van der Waals surface area contributed by atoms with Crippen LogP contribution in [0.4, 0.5) is 0 Å². The smallest absolute Gasteiger partial charge is 0.258 e. The van der Waals surface area contributed by atoms with E-state index >= 15 is 0 Å². The zero-order valence-corrected chi connectivity index (χ0v) is 15.4. The molecular formula is C21H27NO3. The Balaban J connectivity index is 1.97. The number of benzene rings is 2. The van der Waals surface area contributed by atoms with Crippen molar-refractivity contribution in [1.82, 2.24) is 5.32 Å². The molecule has 4 heteroatoms. The summed E-state index contributed by atoms with van der Waals surface area (Å²) in [5.74, 6) is 1.85. The summed E-state index contributed by atoms with van der Waals surface area (Å²) < 4.78 is 10.8. The number of aryl methyl sites for hydroxylation is 1. The normalized spacial score (nSPS) is 11.9. The van der Waals surface area contributed by atoms with Crippen LogP contribution < -0.4 is 14.8 Å². The van der Waals surface area contributed by atoms with E-state index in [1.165, 1.54) is 0 Å². The minimum atomic E-state index is -0.123. The van der Waals surface area contributed by atoms with Crippen molar-refractivity contribution < 1.29 is 14.3 Å². The lowest BCUT2D eigenvalue weighted by Gasteiger charge is -2.21. The third-order valence-corrected chi connectivity index (χ3v) is 3.95. The van der Waals surface area contributed by atoms with Crippen LogP contribution in [0, 0.1) is 12.8 Å². The average Bonchev–Trinajstić information content (AvgIpc) is 2.60. The number of methoxy groups -OCH3 is 1. The van der Waals surface area contributed by atoms with Crippen molar-refractivity contribution in [2.45, 2.75) is 33.2 Å². The maximum atomic E-state index is 12.3. The number of rotatable bonds is 8. The van der Waals surface area contributed by atoms with Crippen LogP contribution in [0.3, 0.4) is 0 Å². The van der Waals surface area contributed by atoms with E-state index in [-0.39, 0.29) is 18.6 Å². The quantitative estimate of drug-likeness (QED) is 0.779. The van der Waals surface area contributed by atoms with E-state index in [1.54, 1.807) is 7.11 Å². The SMILES string of the molecule is COc1ccc(C(CC(C)C)NC(=O)COc2ccc(C)cc2)cc1. The first kappa shape index (κ1) is 18.8. The molecule has 1 atom stereocenters. The predicted octanol–water partition coefficient (Wildman–Crippen LogP) is 4.29. The molecule has 0 aromatic heterocycles. The third kappa shape index (κ3) is 6.14. The second-order valence-electron chi connectivity index (χ2n) is 6.62. The zero-order valence-electron chi connectivity index (χ0n) is 15.4. The van der Waals surface area contributed by atoms with E-state index < -0.39 is 0 Å². The maximum absolute atomic E-state index is 12.3. The van der Waals surface area contributed by atoms with Gasteiger partial charge in [0.05, 0.1) is 13.2 Å². The fourth-order valence-corrected chi connectivity index (χ4v) is 2.61. The number of nitrogens with one attached hydrogen (secondary N) is 1. The highest BCUT2D eigenvalue weighted by molar-refractivity contribution is 5.78. The van der Waals surface area contributed by atoms with Gasteiger partial charge in [-0.05, 0) is 49.1 Å². The van der Waals surface area contributed by atoms with Crippen molar-refractivity contribution in [3.8, 4) is 11.5 Å². The van der Waals surface area contributed by atoms with Crippen molar-refractivity contribution in [3.05, 3.63) is 59.7 Å². The first-order chi connectivity index (χ1) is 12.0. The average molecular weight is 341 g/mol. The highest BCUT2D eigenvalue weighted by Gasteiger charge is 2.16. The van der Waals surface area contributed by atoms with Crippen molar-refractivity contribution >= 4 is 5.91 Å². The lowest BCUT2D eigenvalue weighted by atomic mass is 9.97. The number of carbonyl (C=O) groups excluding carboxylic acids is 1. The Labute approximate surface area is 150 Å². The van der Waals surface area contributed by atoms with E-state index in [2.05, 4.69) is 19.2 Å². The van der Waals surface area contributed by atoms with Crippen LogP contribution in [0.25, 0.3) is 0 Å². The first-order valence-electron chi connectivity index (χ1n) is 8.60. The van der Waals surface area contributed by atoms with Gasteiger partial charge in [0.25, 0.3) is 5.91 Å². The van der Waals surface area contributed by atoms with Gasteiger partial charge < -0.3 is 14.8 Å². The Bertz CT molecular complexity index is 663. The summed E-state index contributed by atoms with van der Waals surface area (Å²) in [4.78, 5) is 12.3. The molecule has 2 aromatic carbocycles. The zero-order chi connectivity index (χ0) is 18.2. The summed E-state index contributed by atoms with van der Waals surface area (Å²) in [7, 11) is 1.64. The molecule has 0 radical (unpaired) electrons. The van der Waals surface area contributed by atoms with Gasteiger partial charge in [-0.1, -0.05) is 43.7 Å². The van der Waals surface area contributed by atoms with Gasteiger partial charge in [-0.25, -0.2) is 0 Å². The molecule has 2 rings (SSSR count). The molecule has 1 unspecified atom stereocenters. The van der Waals surface area contributed by atoms with Crippen LogP contribution in [0.2, 0.25) is 0 Å². The molecule has 0 aliphatic heterocycles. The summed E-state index contributed by atoms with van der Waals surface area (Å²) >= 11 is 0. The minimum Gasteiger partial charge on any atom is -0.497 e. The molecule has 0 spiro atoms. The lowest BCUT2D eigenvalue weighted by molar-refractivity contribution is -0.124. The molecule has 0 aliphatic rings. The molecular weight excluding hydrogens is 314 g/mol. The van der Waals surface area contributed by atoms with Crippen molar-refractivity contribution in [2.24, 2.45) is 5.92 Å². The summed E-state index contributed by atoms with van der Waals surface area (Å²) in [6.45, 7) is 6.31. The van der Waals surface area contributed by atoms with Gasteiger partial charge in [0.15, 0.2) is 6.61 Å². The van der Waals surface area contributed by atoms with E-state index in [1.807, 2.05) is 55.5 Å². The molecule has 4 nitrogen and oxygen atoms in total. The molecule has 0 saturated heterocycles. The summed E-state index contributed by atoms with van der Waals surface area (Å²) in [5, 5.41) is 3.08.